The van der Waals surface area contributed by atoms with Gasteiger partial charge in [0.25, 0.3) is 0 Å². The Kier molecular flexibility index (Phi) is 8.22. The van der Waals surface area contributed by atoms with Crippen LogP contribution in [-0.4, -0.2) is 39.9 Å². The fraction of sp³-hybridized carbons (Fsp3) is 0.533. The van der Waals surface area contributed by atoms with E-state index in [0.717, 1.165) is 36.8 Å². The zero-order chi connectivity index (χ0) is 14.6. The van der Waals surface area contributed by atoms with E-state index in [0.29, 0.717) is 13.2 Å². The minimum atomic E-state index is 0.668. The SMILES string of the molecule is CCOc1ccccc1CNC(=NC)NCCCOC. The summed E-state index contributed by atoms with van der Waals surface area (Å²) < 4.78 is 10.6. The Hall–Kier alpha value is -1.75. The summed E-state index contributed by atoms with van der Waals surface area (Å²) in [6.45, 7) is 4.92. The van der Waals surface area contributed by atoms with Crippen molar-refractivity contribution in [1.29, 1.82) is 0 Å². The van der Waals surface area contributed by atoms with Crippen LogP contribution in [0.25, 0.3) is 0 Å². The molecule has 1 aromatic rings. The predicted octanol–water partition coefficient (Wildman–Crippen LogP) is 1.79. The molecule has 5 heteroatoms. The Morgan fingerprint density at radius 3 is 2.75 bits per heavy atom. The van der Waals surface area contributed by atoms with Gasteiger partial charge < -0.3 is 20.1 Å². The number of guanidine groups is 1. The lowest BCUT2D eigenvalue weighted by Crippen LogP contribution is -2.37. The molecule has 0 unspecified atom stereocenters. The van der Waals surface area contributed by atoms with Gasteiger partial charge in [-0.25, -0.2) is 0 Å². The van der Waals surface area contributed by atoms with Crippen LogP contribution in [0.4, 0.5) is 0 Å². The molecule has 0 aromatic heterocycles. The fourth-order valence-corrected chi connectivity index (χ4v) is 1.77. The van der Waals surface area contributed by atoms with Gasteiger partial charge in [-0.15, -0.1) is 0 Å². The monoisotopic (exact) mass is 279 g/mol. The fourth-order valence-electron chi connectivity index (χ4n) is 1.77. The maximum Gasteiger partial charge on any atom is 0.191 e. The van der Waals surface area contributed by atoms with Gasteiger partial charge >= 0.3 is 0 Å². The molecular weight excluding hydrogens is 254 g/mol. The number of benzene rings is 1. The van der Waals surface area contributed by atoms with Crippen LogP contribution in [0.3, 0.4) is 0 Å². The van der Waals surface area contributed by atoms with Gasteiger partial charge in [0.2, 0.25) is 0 Å². The van der Waals surface area contributed by atoms with Crippen LogP contribution in [0.5, 0.6) is 5.75 Å². The van der Waals surface area contributed by atoms with Crippen molar-refractivity contribution in [2.75, 3.05) is 33.9 Å². The van der Waals surface area contributed by atoms with Crippen LogP contribution in [0, 0.1) is 0 Å². The van der Waals surface area contributed by atoms with Crippen molar-refractivity contribution in [3.8, 4) is 5.75 Å². The maximum atomic E-state index is 5.60. The van der Waals surface area contributed by atoms with E-state index in [2.05, 4.69) is 21.7 Å². The summed E-state index contributed by atoms with van der Waals surface area (Å²) in [4.78, 5) is 4.19. The quantitative estimate of drug-likeness (QED) is 0.433. The van der Waals surface area contributed by atoms with Crippen LogP contribution in [-0.2, 0) is 11.3 Å². The van der Waals surface area contributed by atoms with Crippen LogP contribution >= 0.6 is 0 Å². The van der Waals surface area contributed by atoms with Gasteiger partial charge in [-0.1, -0.05) is 18.2 Å². The molecule has 0 radical (unpaired) electrons. The molecule has 0 heterocycles. The molecule has 0 aliphatic carbocycles. The summed E-state index contributed by atoms with van der Waals surface area (Å²) in [7, 11) is 3.47. The highest BCUT2D eigenvalue weighted by molar-refractivity contribution is 5.79. The Bertz CT molecular complexity index is 408. The van der Waals surface area contributed by atoms with E-state index >= 15 is 0 Å². The van der Waals surface area contributed by atoms with Gasteiger partial charge in [-0.2, -0.15) is 0 Å². The number of nitrogens with one attached hydrogen (secondary N) is 2. The number of hydrogen-bond donors (Lipinski definition) is 2. The first-order valence-corrected chi connectivity index (χ1v) is 6.96. The van der Waals surface area contributed by atoms with Gasteiger partial charge in [0.15, 0.2) is 5.96 Å². The van der Waals surface area contributed by atoms with E-state index in [1.54, 1.807) is 14.2 Å². The molecule has 0 aliphatic heterocycles. The zero-order valence-electron chi connectivity index (χ0n) is 12.6. The van der Waals surface area contributed by atoms with Gasteiger partial charge in [-0.05, 0) is 19.4 Å². The Balaban J connectivity index is 2.44. The summed E-state index contributed by atoms with van der Waals surface area (Å²) >= 11 is 0. The van der Waals surface area contributed by atoms with Crippen molar-refractivity contribution < 1.29 is 9.47 Å². The summed E-state index contributed by atoms with van der Waals surface area (Å²) in [6.07, 6.45) is 0.951. The second-order valence-electron chi connectivity index (χ2n) is 4.24. The van der Waals surface area contributed by atoms with E-state index in [-0.39, 0.29) is 0 Å². The number of aliphatic imine (C=N–C) groups is 1. The molecule has 0 bridgehead atoms. The normalized spacial score (nSPS) is 11.2. The number of ether oxygens (including phenoxy) is 2. The van der Waals surface area contributed by atoms with Gasteiger partial charge in [0.1, 0.15) is 5.75 Å². The second kappa shape index (κ2) is 10.1. The van der Waals surface area contributed by atoms with E-state index in [1.165, 1.54) is 0 Å². The highest BCUT2D eigenvalue weighted by Gasteiger charge is 2.03. The first-order valence-electron chi connectivity index (χ1n) is 6.96. The molecule has 0 amide bonds. The largest absolute Gasteiger partial charge is 0.494 e. The molecule has 20 heavy (non-hydrogen) atoms. The molecule has 1 aromatic carbocycles. The molecule has 0 saturated carbocycles. The lowest BCUT2D eigenvalue weighted by Gasteiger charge is -2.14. The lowest BCUT2D eigenvalue weighted by atomic mass is 10.2. The molecular formula is C15H25N3O2. The third-order valence-corrected chi connectivity index (χ3v) is 2.76. The molecule has 5 nitrogen and oxygen atoms in total. The molecule has 2 N–H and O–H groups in total. The van der Waals surface area contributed by atoms with Crippen LogP contribution in [0.15, 0.2) is 29.3 Å². The highest BCUT2D eigenvalue weighted by Crippen LogP contribution is 2.17. The first-order chi connectivity index (χ1) is 9.81. The zero-order valence-corrected chi connectivity index (χ0v) is 12.6. The van der Waals surface area contributed by atoms with Crippen molar-refractivity contribution in [3.63, 3.8) is 0 Å². The van der Waals surface area contributed by atoms with Crippen molar-refractivity contribution in [1.82, 2.24) is 10.6 Å². The van der Waals surface area contributed by atoms with E-state index in [9.17, 15) is 0 Å². The molecule has 0 saturated heterocycles. The topological polar surface area (TPSA) is 54.9 Å². The minimum Gasteiger partial charge on any atom is -0.494 e. The van der Waals surface area contributed by atoms with Gasteiger partial charge in [0, 0.05) is 39.4 Å². The Morgan fingerprint density at radius 1 is 1.25 bits per heavy atom. The van der Waals surface area contributed by atoms with E-state index in [1.807, 2.05) is 25.1 Å². The number of hydrogen-bond acceptors (Lipinski definition) is 3. The number of methoxy groups -OCH3 is 1. The third-order valence-electron chi connectivity index (χ3n) is 2.76. The van der Waals surface area contributed by atoms with Crippen LogP contribution in [0.2, 0.25) is 0 Å². The summed E-state index contributed by atoms with van der Waals surface area (Å²) in [5.41, 5.74) is 1.12. The second-order valence-corrected chi connectivity index (χ2v) is 4.24. The van der Waals surface area contributed by atoms with Gasteiger partial charge in [-0.3, -0.25) is 4.99 Å². The summed E-state index contributed by atoms with van der Waals surface area (Å²) in [6, 6.07) is 8.02. The predicted molar refractivity (Wildman–Crippen MR) is 82.3 cm³/mol. The molecule has 1 rings (SSSR count). The maximum absolute atomic E-state index is 5.60. The van der Waals surface area contributed by atoms with E-state index in [4.69, 9.17) is 9.47 Å². The van der Waals surface area contributed by atoms with Gasteiger partial charge in [0.05, 0.1) is 6.61 Å². The Labute approximate surface area is 121 Å². The lowest BCUT2D eigenvalue weighted by molar-refractivity contribution is 0.195. The van der Waals surface area contributed by atoms with Crippen molar-refractivity contribution in [2.45, 2.75) is 19.9 Å². The molecule has 0 aliphatic rings. The third kappa shape index (κ3) is 5.93. The van der Waals surface area contributed by atoms with Crippen LogP contribution < -0.4 is 15.4 Å². The van der Waals surface area contributed by atoms with E-state index < -0.39 is 0 Å². The van der Waals surface area contributed by atoms with Crippen molar-refractivity contribution >= 4 is 5.96 Å². The summed E-state index contributed by atoms with van der Waals surface area (Å²) in [5.74, 6) is 1.70. The summed E-state index contributed by atoms with van der Waals surface area (Å²) in [5, 5.41) is 6.52. The van der Waals surface area contributed by atoms with Crippen molar-refractivity contribution in [3.05, 3.63) is 29.8 Å². The average Bonchev–Trinajstić information content (AvgIpc) is 2.48. The van der Waals surface area contributed by atoms with Crippen molar-refractivity contribution in [2.24, 2.45) is 4.99 Å². The average molecular weight is 279 g/mol. The Morgan fingerprint density at radius 2 is 2.05 bits per heavy atom. The minimum absolute atomic E-state index is 0.668. The molecule has 0 fully saturated rings. The number of para-hydroxylation sites is 1. The molecule has 0 atom stereocenters. The standard InChI is InChI=1S/C15H25N3O2/c1-4-20-14-9-6-5-8-13(14)12-18-15(16-2)17-10-7-11-19-3/h5-6,8-9H,4,7,10-12H2,1-3H3,(H2,16,17,18). The smallest absolute Gasteiger partial charge is 0.191 e. The number of nitrogens with zero attached hydrogens (tertiary/aromatic N) is 1. The highest BCUT2D eigenvalue weighted by atomic mass is 16.5. The number of rotatable bonds is 8. The molecule has 0 spiro atoms. The first kappa shape index (κ1) is 16.3. The van der Waals surface area contributed by atoms with Crippen LogP contribution in [0.1, 0.15) is 18.9 Å². The molecule has 112 valence electrons.